The minimum absolute atomic E-state index is 0.350. The number of hydrogen-bond donors (Lipinski definition) is 1. The number of benzene rings is 2. The van der Waals surface area contributed by atoms with Gasteiger partial charge >= 0.3 is 0 Å². The molecule has 0 saturated carbocycles. The van der Waals surface area contributed by atoms with Crippen LogP contribution >= 0.6 is 23.2 Å². The third-order valence-corrected chi connectivity index (χ3v) is 4.65. The SMILES string of the molecule is COc1c(Cl)cc(-c2c(-c3ccccc3)nc(N)c3nccn23)cc1Cl. The molecule has 4 aromatic rings. The first-order chi connectivity index (χ1) is 12.6. The highest BCUT2D eigenvalue weighted by Crippen LogP contribution is 2.40. The Morgan fingerprint density at radius 2 is 1.73 bits per heavy atom. The van der Waals surface area contributed by atoms with Crippen molar-refractivity contribution in [2.75, 3.05) is 12.8 Å². The van der Waals surface area contributed by atoms with E-state index in [1.165, 1.54) is 7.11 Å². The van der Waals surface area contributed by atoms with Gasteiger partial charge in [-0.15, -0.1) is 0 Å². The Morgan fingerprint density at radius 1 is 1.04 bits per heavy atom. The minimum Gasteiger partial charge on any atom is -0.494 e. The molecule has 26 heavy (non-hydrogen) atoms. The van der Waals surface area contributed by atoms with E-state index >= 15 is 0 Å². The maximum Gasteiger partial charge on any atom is 0.180 e. The van der Waals surface area contributed by atoms with Gasteiger partial charge in [-0.1, -0.05) is 53.5 Å². The van der Waals surface area contributed by atoms with E-state index in [2.05, 4.69) is 9.97 Å². The number of nitrogens with two attached hydrogens (primary N) is 1. The number of imidazole rings is 1. The Balaban J connectivity index is 2.09. The van der Waals surface area contributed by atoms with Crippen molar-refractivity contribution in [2.24, 2.45) is 0 Å². The van der Waals surface area contributed by atoms with Crippen LogP contribution < -0.4 is 10.5 Å². The first-order valence-electron chi connectivity index (χ1n) is 7.81. The van der Waals surface area contributed by atoms with E-state index < -0.39 is 0 Å². The van der Waals surface area contributed by atoms with Crippen LogP contribution in [0.15, 0.2) is 54.9 Å². The van der Waals surface area contributed by atoms with Crippen LogP contribution in [0, 0.1) is 0 Å². The molecule has 0 atom stereocenters. The summed E-state index contributed by atoms with van der Waals surface area (Å²) in [7, 11) is 1.53. The zero-order valence-electron chi connectivity index (χ0n) is 13.8. The summed E-state index contributed by atoms with van der Waals surface area (Å²) in [6.07, 6.45) is 3.51. The fourth-order valence-corrected chi connectivity index (χ4v) is 3.62. The van der Waals surface area contributed by atoms with Gasteiger partial charge in [-0.05, 0) is 12.1 Å². The minimum atomic E-state index is 0.350. The summed E-state index contributed by atoms with van der Waals surface area (Å²) in [6.45, 7) is 0. The van der Waals surface area contributed by atoms with Crippen molar-refractivity contribution in [3.63, 3.8) is 0 Å². The molecule has 2 aromatic heterocycles. The third-order valence-electron chi connectivity index (χ3n) is 4.09. The fraction of sp³-hybridized carbons (Fsp3) is 0.0526. The number of halogens is 2. The number of aromatic nitrogens is 3. The van der Waals surface area contributed by atoms with Gasteiger partial charge in [-0.25, -0.2) is 9.97 Å². The molecule has 0 aliphatic rings. The van der Waals surface area contributed by atoms with Crippen LogP contribution in [0.1, 0.15) is 0 Å². The Labute approximate surface area is 160 Å². The normalized spacial score (nSPS) is 11.0. The van der Waals surface area contributed by atoms with Crippen LogP contribution in [-0.2, 0) is 0 Å². The van der Waals surface area contributed by atoms with E-state index in [4.69, 9.17) is 33.7 Å². The summed E-state index contributed by atoms with van der Waals surface area (Å²) in [4.78, 5) is 8.90. The predicted molar refractivity (Wildman–Crippen MR) is 105 cm³/mol. The van der Waals surface area contributed by atoms with Crippen molar-refractivity contribution in [1.29, 1.82) is 0 Å². The van der Waals surface area contributed by atoms with Gasteiger partial charge in [-0.2, -0.15) is 0 Å². The van der Waals surface area contributed by atoms with Crippen LogP contribution in [0.3, 0.4) is 0 Å². The summed E-state index contributed by atoms with van der Waals surface area (Å²) in [5, 5.41) is 0.832. The number of anilines is 1. The van der Waals surface area contributed by atoms with Crippen molar-refractivity contribution >= 4 is 34.7 Å². The second-order valence-electron chi connectivity index (χ2n) is 5.65. The molecule has 0 radical (unpaired) electrons. The smallest absolute Gasteiger partial charge is 0.180 e. The third kappa shape index (κ3) is 2.66. The number of methoxy groups -OCH3 is 1. The van der Waals surface area contributed by atoms with Gasteiger partial charge in [-0.3, -0.25) is 4.40 Å². The zero-order chi connectivity index (χ0) is 18.3. The molecule has 0 aliphatic heterocycles. The van der Waals surface area contributed by atoms with Crippen LogP contribution in [0.5, 0.6) is 5.75 Å². The molecule has 0 fully saturated rings. The number of nitrogen functional groups attached to an aromatic ring is 1. The van der Waals surface area contributed by atoms with Crippen LogP contribution in [0.25, 0.3) is 28.2 Å². The molecule has 0 spiro atoms. The van der Waals surface area contributed by atoms with Crippen molar-refractivity contribution in [2.45, 2.75) is 0 Å². The second kappa shape index (κ2) is 6.52. The summed E-state index contributed by atoms with van der Waals surface area (Å²) in [5.74, 6) is 0.784. The summed E-state index contributed by atoms with van der Waals surface area (Å²) in [5.41, 5.74) is 9.92. The Morgan fingerprint density at radius 3 is 2.38 bits per heavy atom. The molecule has 0 saturated heterocycles. The van der Waals surface area contributed by atoms with Crippen LogP contribution in [-0.4, -0.2) is 21.5 Å². The molecular formula is C19H14Cl2N4O. The van der Waals surface area contributed by atoms with E-state index in [0.717, 1.165) is 16.8 Å². The Hall–Kier alpha value is -2.76. The zero-order valence-corrected chi connectivity index (χ0v) is 15.3. The van der Waals surface area contributed by atoms with Crippen LogP contribution in [0.2, 0.25) is 10.0 Å². The highest BCUT2D eigenvalue weighted by molar-refractivity contribution is 6.37. The number of nitrogens with zero attached hydrogens (tertiary/aromatic N) is 3. The molecule has 0 bridgehead atoms. The van der Waals surface area contributed by atoms with Gasteiger partial charge in [0.05, 0.1) is 28.5 Å². The average Bonchev–Trinajstić information content (AvgIpc) is 3.12. The van der Waals surface area contributed by atoms with Crippen molar-refractivity contribution < 1.29 is 4.74 Å². The van der Waals surface area contributed by atoms with Gasteiger partial charge in [0.25, 0.3) is 0 Å². The molecular weight excluding hydrogens is 371 g/mol. The van der Waals surface area contributed by atoms with Gasteiger partial charge < -0.3 is 10.5 Å². The van der Waals surface area contributed by atoms with Gasteiger partial charge in [0.15, 0.2) is 17.2 Å². The molecule has 2 N–H and O–H groups in total. The molecule has 2 aromatic carbocycles. The van der Waals surface area contributed by atoms with E-state index in [0.29, 0.717) is 33.0 Å². The summed E-state index contributed by atoms with van der Waals surface area (Å²) < 4.78 is 7.14. The first-order valence-corrected chi connectivity index (χ1v) is 8.57. The lowest BCUT2D eigenvalue weighted by molar-refractivity contribution is 0.415. The number of hydrogen-bond acceptors (Lipinski definition) is 4. The van der Waals surface area contributed by atoms with Gasteiger partial charge in [0.2, 0.25) is 0 Å². The molecule has 4 rings (SSSR count). The Kier molecular flexibility index (Phi) is 4.18. The van der Waals surface area contributed by atoms with Crippen molar-refractivity contribution in [1.82, 2.24) is 14.4 Å². The highest BCUT2D eigenvalue weighted by Gasteiger charge is 2.19. The lowest BCUT2D eigenvalue weighted by Gasteiger charge is -2.15. The lowest BCUT2D eigenvalue weighted by Crippen LogP contribution is -2.04. The van der Waals surface area contributed by atoms with E-state index in [9.17, 15) is 0 Å². The van der Waals surface area contributed by atoms with Crippen molar-refractivity contribution in [3.05, 3.63) is 64.9 Å². The molecule has 0 amide bonds. The topological polar surface area (TPSA) is 65.4 Å². The fourth-order valence-electron chi connectivity index (χ4n) is 2.98. The average molecular weight is 385 g/mol. The van der Waals surface area contributed by atoms with E-state index in [1.54, 1.807) is 18.3 Å². The number of ether oxygens (including phenoxy) is 1. The largest absolute Gasteiger partial charge is 0.494 e. The first kappa shape index (κ1) is 16.7. The molecule has 0 unspecified atom stereocenters. The molecule has 5 nitrogen and oxygen atoms in total. The molecule has 2 heterocycles. The number of fused-ring (bicyclic) bond motifs is 1. The Bertz CT molecular complexity index is 1090. The molecule has 0 aliphatic carbocycles. The quantitative estimate of drug-likeness (QED) is 0.541. The van der Waals surface area contributed by atoms with Gasteiger partial charge in [0, 0.05) is 23.5 Å². The van der Waals surface area contributed by atoms with Crippen molar-refractivity contribution in [3.8, 4) is 28.3 Å². The predicted octanol–water partition coefficient (Wildman–Crippen LogP) is 4.96. The summed E-state index contributed by atoms with van der Waals surface area (Å²) in [6, 6.07) is 13.4. The molecule has 130 valence electrons. The van der Waals surface area contributed by atoms with Crippen LogP contribution in [0.4, 0.5) is 5.82 Å². The standard InChI is InChI=1S/C19H14Cl2N4O/c1-26-17-13(20)9-12(10-14(17)21)16-15(11-5-3-2-4-6-11)24-18(22)19-23-7-8-25(16)19/h2-10H,1H3,(H2,22,24). The van der Waals surface area contributed by atoms with E-state index in [-0.39, 0.29) is 0 Å². The van der Waals surface area contributed by atoms with Gasteiger partial charge in [0.1, 0.15) is 0 Å². The monoisotopic (exact) mass is 384 g/mol. The maximum atomic E-state index is 6.36. The summed E-state index contributed by atoms with van der Waals surface area (Å²) >= 11 is 12.7. The second-order valence-corrected chi connectivity index (χ2v) is 6.47. The maximum absolute atomic E-state index is 6.36. The lowest BCUT2D eigenvalue weighted by atomic mass is 10.0. The highest BCUT2D eigenvalue weighted by atomic mass is 35.5. The number of rotatable bonds is 3. The molecule has 7 heteroatoms. The van der Waals surface area contributed by atoms with E-state index in [1.807, 2.05) is 40.9 Å².